The van der Waals surface area contributed by atoms with E-state index >= 15 is 0 Å². The number of anilines is 1. The van der Waals surface area contributed by atoms with Crippen LogP contribution < -0.4 is 4.90 Å². The molecular weight excluding hydrogens is 246 g/mol. The predicted octanol–water partition coefficient (Wildman–Crippen LogP) is 2.74. The Balaban J connectivity index is 3.31. The third kappa shape index (κ3) is 3.24. The van der Waals surface area contributed by atoms with Crippen molar-refractivity contribution in [2.45, 2.75) is 33.7 Å². The molecule has 104 valence electrons. The van der Waals surface area contributed by atoms with Gasteiger partial charge in [-0.1, -0.05) is 18.2 Å². The van der Waals surface area contributed by atoms with Crippen LogP contribution in [0.1, 0.15) is 25.0 Å². The van der Waals surface area contributed by atoms with E-state index in [0.29, 0.717) is 5.69 Å². The molecule has 0 saturated heterocycles. The SMILES string of the molecule is CCOC(=O)N(c1c(C)cccc1C)C(C)C(=O)O. The van der Waals surface area contributed by atoms with Crippen molar-refractivity contribution in [3.8, 4) is 0 Å². The van der Waals surface area contributed by atoms with Crippen LogP contribution in [0, 0.1) is 13.8 Å². The van der Waals surface area contributed by atoms with Crippen molar-refractivity contribution in [2.75, 3.05) is 11.5 Å². The fourth-order valence-electron chi connectivity index (χ4n) is 1.93. The van der Waals surface area contributed by atoms with Gasteiger partial charge in [0.1, 0.15) is 6.04 Å². The largest absolute Gasteiger partial charge is 0.480 e. The van der Waals surface area contributed by atoms with Gasteiger partial charge in [0.25, 0.3) is 0 Å². The van der Waals surface area contributed by atoms with E-state index < -0.39 is 18.1 Å². The topological polar surface area (TPSA) is 66.8 Å². The molecule has 0 bridgehead atoms. The molecule has 1 amide bonds. The minimum absolute atomic E-state index is 0.201. The number of carbonyl (C=O) groups is 2. The number of hydrogen-bond acceptors (Lipinski definition) is 3. The lowest BCUT2D eigenvalue weighted by Gasteiger charge is -2.28. The molecule has 0 aliphatic carbocycles. The summed E-state index contributed by atoms with van der Waals surface area (Å²) in [7, 11) is 0. The Kier molecular flexibility index (Phi) is 4.92. The summed E-state index contributed by atoms with van der Waals surface area (Å²) in [5.74, 6) is -1.07. The normalized spacial score (nSPS) is 11.8. The Hall–Kier alpha value is -2.04. The summed E-state index contributed by atoms with van der Waals surface area (Å²) in [5.41, 5.74) is 2.26. The molecule has 0 aromatic heterocycles. The van der Waals surface area contributed by atoms with Crippen LogP contribution in [-0.4, -0.2) is 29.8 Å². The van der Waals surface area contributed by atoms with Crippen molar-refractivity contribution in [1.29, 1.82) is 0 Å². The molecule has 5 heteroatoms. The van der Waals surface area contributed by atoms with Gasteiger partial charge in [-0.2, -0.15) is 0 Å². The molecule has 0 aliphatic heterocycles. The van der Waals surface area contributed by atoms with Crippen molar-refractivity contribution >= 4 is 17.7 Å². The highest BCUT2D eigenvalue weighted by atomic mass is 16.6. The molecule has 1 aromatic carbocycles. The van der Waals surface area contributed by atoms with Gasteiger partial charge < -0.3 is 9.84 Å². The first-order valence-electron chi connectivity index (χ1n) is 6.15. The zero-order valence-electron chi connectivity index (χ0n) is 11.6. The Labute approximate surface area is 112 Å². The molecule has 19 heavy (non-hydrogen) atoms. The van der Waals surface area contributed by atoms with E-state index in [1.54, 1.807) is 6.92 Å². The third-order valence-corrected chi connectivity index (χ3v) is 2.89. The van der Waals surface area contributed by atoms with Crippen molar-refractivity contribution in [1.82, 2.24) is 0 Å². The first-order valence-corrected chi connectivity index (χ1v) is 6.15. The predicted molar refractivity (Wildman–Crippen MR) is 72.5 cm³/mol. The number of hydrogen-bond donors (Lipinski definition) is 1. The Morgan fingerprint density at radius 2 is 1.84 bits per heavy atom. The average Bonchev–Trinajstić information content (AvgIpc) is 2.33. The Bertz CT molecular complexity index is 464. The number of benzene rings is 1. The molecule has 5 nitrogen and oxygen atoms in total. The molecule has 0 fully saturated rings. The van der Waals surface area contributed by atoms with Gasteiger partial charge in [0.15, 0.2) is 0 Å². The quantitative estimate of drug-likeness (QED) is 0.909. The van der Waals surface area contributed by atoms with Crippen LogP contribution in [0.15, 0.2) is 18.2 Å². The monoisotopic (exact) mass is 265 g/mol. The van der Waals surface area contributed by atoms with Gasteiger partial charge in [-0.05, 0) is 38.8 Å². The second kappa shape index (κ2) is 6.22. The standard InChI is InChI=1S/C14H19NO4/c1-5-19-14(18)15(11(4)13(16)17)12-9(2)7-6-8-10(12)3/h6-8,11H,5H2,1-4H3,(H,16,17). The van der Waals surface area contributed by atoms with Crippen LogP contribution in [-0.2, 0) is 9.53 Å². The summed E-state index contributed by atoms with van der Waals surface area (Å²) in [6.07, 6.45) is -0.644. The number of para-hydroxylation sites is 1. The van der Waals surface area contributed by atoms with Crippen molar-refractivity contribution in [3.63, 3.8) is 0 Å². The number of ether oxygens (including phenoxy) is 1. The summed E-state index contributed by atoms with van der Waals surface area (Å²) in [6.45, 7) is 7.02. The van der Waals surface area contributed by atoms with E-state index in [9.17, 15) is 9.59 Å². The van der Waals surface area contributed by atoms with Crippen LogP contribution in [0.25, 0.3) is 0 Å². The fourth-order valence-corrected chi connectivity index (χ4v) is 1.93. The van der Waals surface area contributed by atoms with Gasteiger partial charge in [0.05, 0.1) is 12.3 Å². The number of carbonyl (C=O) groups excluding carboxylic acids is 1. The van der Waals surface area contributed by atoms with Gasteiger partial charge in [-0.15, -0.1) is 0 Å². The summed E-state index contributed by atoms with van der Waals surface area (Å²) in [4.78, 5) is 24.4. The molecular formula is C14H19NO4. The molecule has 1 N–H and O–H groups in total. The number of aryl methyl sites for hydroxylation is 2. The van der Waals surface area contributed by atoms with E-state index in [2.05, 4.69) is 0 Å². The van der Waals surface area contributed by atoms with Gasteiger partial charge in [-0.3, -0.25) is 4.90 Å². The average molecular weight is 265 g/mol. The lowest BCUT2D eigenvalue weighted by molar-refractivity contribution is -0.138. The molecule has 1 unspecified atom stereocenters. The van der Waals surface area contributed by atoms with Crippen molar-refractivity contribution in [2.24, 2.45) is 0 Å². The maximum atomic E-state index is 12.0. The maximum absolute atomic E-state index is 12.0. The first-order chi connectivity index (χ1) is 8.90. The fraction of sp³-hybridized carbons (Fsp3) is 0.429. The number of aliphatic carboxylic acids is 1. The van der Waals surface area contributed by atoms with E-state index in [4.69, 9.17) is 9.84 Å². The Morgan fingerprint density at radius 3 is 2.26 bits per heavy atom. The smallest absolute Gasteiger partial charge is 0.415 e. The maximum Gasteiger partial charge on any atom is 0.415 e. The van der Waals surface area contributed by atoms with Crippen LogP contribution in [0.3, 0.4) is 0 Å². The third-order valence-electron chi connectivity index (χ3n) is 2.89. The second-order valence-corrected chi connectivity index (χ2v) is 4.32. The number of nitrogens with zero attached hydrogens (tertiary/aromatic N) is 1. The molecule has 1 aromatic rings. The van der Waals surface area contributed by atoms with E-state index in [1.807, 2.05) is 32.0 Å². The summed E-state index contributed by atoms with van der Waals surface area (Å²) in [5, 5.41) is 9.16. The number of rotatable bonds is 4. The zero-order chi connectivity index (χ0) is 14.6. The van der Waals surface area contributed by atoms with Gasteiger partial charge in [0.2, 0.25) is 0 Å². The van der Waals surface area contributed by atoms with Gasteiger partial charge >= 0.3 is 12.1 Å². The lowest BCUT2D eigenvalue weighted by Crippen LogP contribution is -2.44. The highest BCUT2D eigenvalue weighted by Crippen LogP contribution is 2.27. The second-order valence-electron chi connectivity index (χ2n) is 4.32. The first kappa shape index (κ1) is 15.0. The molecule has 0 radical (unpaired) electrons. The molecule has 0 saturated carbocycles. The number of carboxylic acid groups (broad SMARTS) is 1. The molecule has 1 atom stereocenters. The van der Waals surface area contributed by atoms with E-state index in [1.165, 1.54) is 11.8 Å². The number of amides is 1. The van der Waals surface area contributed by atoms with Crippen LogP contribution in [0.2, 0.25) is 0 Å². The summed E-state index contributed by atoms with van der Waals surface area (Å²) < 4.78 is 4.96. The van der Waals surface area contributed by atoms with Gasteiger partial charge in [-0.25, -0.2) is 9.59 Å². The lowest BCUT2D eigenvalue weighted by atomic mass is 10.1. The molecule has 0 spiro atoms. The Morgan fingerprint density at radius 1 is 1.32 bits per heavy atom. The minimum atomic E-state index is -1.07. The van der Waals surface area contributed by atoms with Crippen molar-refractivity contribution < 1.29 is 19.4 Å². The highest BCUT2D eigenvalue weighted by molar-refractivity contribution is 5.96. The number of carboxylic acids is 1. The van der Waals surface area contributed by atoms with Crippen molar-refractivity contribution in [3.05, 3.63) is 29.3 Å². The van der Waals surface area contributed by atoms with Gasteiger partial charge in [0, 0.05) is 0 Å². The summed E-state index contributed by atoms with van der Waals surface area (Å²) >= 11 is 0. The molecule has 0 heterocycles. The van der Waals surface area contributed by atoms with Crippen LogP contribution >= 0.6 is 0 Å². The van der Waals surface area contributed by atoms with Crippen LogP contribution in [0.5, 0.6) is 0 Å². The van der Waals surface area contributed by atoms with E-state index in [-0.39, 0.29) is 6.61 Å². The molecule has 0 aliphatic rings. The summed E-state index contributed by atoms with van der Waals surface area (Å²) in [6, 6.07) is 4.55. The van der Waals surface area contributed by atoms with E-state index in [0.717, 1.165) is 11.1 Å². The zero-order valence-corrected chi connectivity index (χ0v) is 11.6. The van der Waals surface area contributed by atoms with Crippen LogP contribution in [0.4, 0.5) is 10.5 Å². The minimum Gasteiger partial charge on any atom is -0.480 e. The molecule has 1 rings (SSSR count). The highest BCUT2D eigenvalue weighted by Gasteiger charge is 2.30.